The lowest BCUT2D eigenvalue weighted by Gasteiger charge is -2.16. The van der Waals surface area contributed by atoms with Gasteiger partial charge in [-0.05, 0) is 44.9 Å². The molecule has 27 heavy (non-hydrogen) atoms. The number of allylic oxidation sites excluding steroid dienone is 4. The highest BCUT2D eigenvalue weighted by atomic mass is 16.6. The lowest BCUT2D eigenvalue weighted by atomic mass is 9.86. The fourth-order valence-electron chi connectivity index (χ4n) is 2.22. The Morgan fingerprint density at radius 3 is 2.00 bits per heavy atom. The first kappa shape index (κ1) is 23.9. The molecular formula is C20H26O7. The normalized spacial score (nSPS) is 11.7. The van der Waals surface area contributed by atoms with Crippen molar-refractivity contribution in [3.8, 4) is 11.5 Å². The SMILES string of the molecule is CC.CC(C)=CCCC1=CC(=O)c2c(O)ccc(O)c2C1=O.COC(=O)O. The van der Waals surface area contributed by atoms with Crippen LogP contribution in [0.2, 0.25) is 0 Å². The number of phenolic OH excluding ortho intramolecular Hbond substituents is 2. The Kier molecular flexibility index (Phi) is 10.2. The zero-order valence-electron chi connectivity index (χ0n) is 16.2. The van der Waals surface area contributed by atoms with Crippen molar-refractivity contribution in [2.45, 2.75) is 40.5 Å². The van der Waals surface area contributed by atoms with Crippen LogP contribution in [-0.4, -0.2) is 40.2 Å². The Labute approximate surface area is 158 Å². The lowest BCUT2D eigenvalue weighted by molar-refractivity contribution is 0.0976. The molecule has 0 amide bonds. The van der Waals surface area contributed by atoms with Crippen LogP contribution in [0.25, 0.3) is 0 Å². The summed E-state index contributed by atoms with van der Waals surface area (Å²) < 4.78 is 3.67. The minimum atomic E-state index is -1.25. The maximum Gasteiger partial charge on any atom is 0.505 e. The van der Waals surface area contributed by atoms with Gasteiger partial charge in [-0.1, -0.05) is 25.5 Å². The molecule has 0 bridgehead atoms. The van der Waals surface area contributed by atoms with Crippen LogP contribution in [0.4, 0.5) is 4.79 Å². The number of ether oxygens (including phenoxy) is 1. The van der Waals surface area contributed by atoms with Crippen LogP contribution in [-0.2, 0) is 4.74 Å². The zero-order valence-corrected chi connectivity index (χ0v) is 16.2. The third kappa shape index (κ3) is 6.97. The number of carbonyl (C=O) groups excluding carboxylic acids is 2. The van der Waals surface area contributed by atoms with Gasteiger partial charge in [0.15, 0.2) is 11.6 Å². The highest BCUT2D eigenvalue weighted by Gasteiger charge is 2.30. The molecule has 148 valence electrons. The maximum absolute atomic E-state index is 12.3. The van der Waals surface area contributed by atoms with E-state index in [1.165, 1.54) is 18.2 Å². The van der Waals surface area contributed by atoms with Crippen LogP contribution in [0.5, 0.6) is 11.5 Å². The molecule has 0 radical (unpaired) electrons. The molecule has 7 nitrogen and oxygen atoms in total. The Morgan fingerprint density at radius 2 is 1.56 bits per heavy atom. The lowest BCUT2D eigenvalue weighted by Crippen LogP contribution is -2.17. The predicted octanol–water partition coefficient (Wildman–Crippen LogP) is 4.49. The molecule has 2 rings (SSSR count). The number of aromatic hydroxyl groups is 2. The van der Waals surface area contributed by atoms with Crippen molar-refractivity contribution < 1.29 is 34.4 Å². The van der Waals surface area contributed by atoms with E-state index < -0.39 is 17.7 Å². The number of fused-ring (bicyclic) bond motifs is 1. The Balaban J connectivity index is 0.000000838. The number of ketones is 2. The molecule has 7 heteroatoms. The fraction of sp³-hybridized carbons (Fsp3) is 0.350. The van der Waals surface area contributed by atoms with E-state index in [4.69, 9.17) is 9.90 Å². The molecule has 0 unspecified atom stereocenters. The van der Waals surface area contributed by atoms with E-state index >= 15 is 0 Å². The van der Waals surface area contributed by atoms with Crippen molar-refractivity contribution in [3.05, 3.63) is 46.6 Å². The van der Waals surface area contributed by atoms with Crippen molar-refractivity contribution in [2.75, 3.05) is 7.11 Å². The summed E-state index contributed by atoms with van der Waals surface area (Å²) in [4.78, 5) is 33.4. The third-order valence-corrected chi connectivity index (χ3v) is 3.37. The van der Waals surface area contributed by atoms with E-state index in [2.05, 4.69) is 4.74 Å². The number of Topliss-reactive ketones (excluding diaryl/α,β-unsaturated/α-hetero) is 1. The van der Waals surface area contributed by atoms with Gasteiger partial charge in [0, 0.05) is 5.57 Å². The summed E-state index contributed by atoms with van der Waals surface area (Å²) in [5.74, 6) is -1.39. The van der Waals surface area contributed by atoms with E-state index in [0.717, 1.165) is 12.7 Å². The number of hydrogen-bond acceptors (Lipinski definition) is 6. The Bertz CT molecular complexity index is 754. The predicted molar refractivity (Wildman–Crippen MR) is 102 cm³/mol. The summed E-state index contributed by atoms with van der Waals surface area (Å²) in [5, 5.41) is 27.0. The summed E-state index contributed by atoms with van der Waals surface area (Å²) in [6, 6.07) is 2.43. The maximum atomic E-state index is 12.3. The smallest absolute Gasteiger partial charge is 0.505 e. The van der Waals surface area contributed by atoms with Gasteiger partial charge in [-0.15, -0.1) is 0 Å². The van der Waals surface area contributed by atoms with Crippen LogP contribution in [0.1, 0.15) is 61.3 Å². The average molecular weight is 378 g/mol. The first-order chi connectivity index (χ1) is 12.7. The minimum absolute atomic E-state index is 0.0929. The summed E-state index contributed by atoms with van der Waals surface area (Å²) in [5.41, 5.74) is 1.30. The first-order valence-electron chi connectivity index (χ1n) is 8.43. The fourth-order valence-corrected chi connectivity index (χ4v) is 2.22. The Morgan fingerprint density at radius 1 is 1.07 bits per heavy atom. The molecule has 1 aliphatic rings. The second-order valence-corrected chi connectivity index (χ2v) is 5.51. The van der Waals surface area contributed by atoms with Gasteiger partial charge in [-0.2, -0.15) is 0 Å². The number of benzene rings is 1. The monoisotopic (exact) mass is 378 g/mol. The van der Waals surface area contributed by atoms with Crippen LogP contribution in [0.15, 0.2) is 35.4 Å². The molecule has 1 aliphatic carbocycles. The van der Waals surface area contributed by atoms with Gasteiger partial charge in [0.25, 0.3) is 0 Å². The molecule has 0 aromatic heterocycles. The van der Waals surface area contributed by atoms with Crippen LogP contribution in [0, 0.1) is 0 Å². The van der Waals surface area contributed by atoms with E-state index in [9.17, 15) is 19.8 Å². The molecular weight excluding hydrogens is 352 g/mol. The van der Waals surface area contributed by atoms with Gasteiger partial charge in [-0.3, -0.25) is 9.59 Å². The highest BCUT2D eigenvalue weighted by Crippen LogP contribution is 2.35. The number of hydrogen-bond donors (Lipinski definition) is 3. The van der Waals surface area contributed by atoms with Gasteiger partial charge in [0.1, 0.15) is 11.5 Å². The second-order valence-electron chi connectivity index (χ2n) is 5.51. The minimum Gasteiger partial charge on any atom is -0.507 e. The van der Waals surface area contributed by atoms with Crippen molar-refractivity contribution in [1.82, 2.24) is 0 Å². The van der Waals surface area contributed by atoms with Gasteiger partial charge in [0.05, 0.1) is 18.2 Å². The summed E-state index contributed by atoms with van der Waals surface area (Å²) in [6.07, 6.45) is 3.08. The number of methoxy groups -OCH3 is 1. The molecule has 0 atom stereocenters. The molecule has 0 saturated heterocycles. The van der Waals surface area contributed by atoms with Crippen molar-refractivity contribution >= 4 is 17.7 Å². The van der Waals surface area contributed by atoms with Crippen LogP contribution >= 0.6 is 0 Å². The van der Waals surface area contributed by atoms with Gasteiger partial charge in [-0.25, -0.2) is 4.79 Å². The van der Waals surface area contributed by atoms with Crippen molar-refractivity contribution in [1.29, 1.82) is 0 Å². The Hall–Kier alpha value is -3.09. The van der Waals surface area contributed by atoms with E-state index in [1.807, 2.05) is 33.8 Å². The van der Waals surface area contributed by atoms with Crippen LogP contribution in [0.3, 0.4) is 0 Å². The molecule has 3 N–H and O–H groups in total. The first-order valence-corrected chi connectivity index (χ1v) is 8.43. The van der Waals surface area contributed by atoms with E-state index in [1.54, 1.807) is 0 Å². The topological polar surface area (TPSA) is 121 Å². The average Bonchev–Trinajstić information content (AvgIpc) is 2.63. The standard InChI is InChI=1S/C16H16O4.C2H4O3.C2H6/c1-9(2)4-3-5-10-8-13(19)14-11(17)6-7-12(18)15(14)16(10)20;1-5-2(3)4;1-2/h4,6-8,17-18H,3,5H2,1-2H3;1H3,(H,3,4);1-2H3. The number of rotatable bonds is 3. The summed E-state index contributed by atoms with van der Waals surface area (Å²) in [7, 11) is 1.10. The van der Waals surface area contributed by atoms with Gasteiger partial charge >= 0.3 is 6.16 Å². The van der Waals surface area contributed by atoms with Crippen molar-refractivity contribution in [3.63, 3.8) is 0 Å². The largest absolute Gasteiger partial charge is 0.507 e. The number of carbonyl (C=O) groups is 3. The number of carboxylic acid groups (broad SMARTS) is 1. The molecule has 0 saturated carbocycles. The molecule has 0 fully saturated rings. The van der Waals surface area contributed by atoms with Gasteiger partial charge < -0.3 is 20.1 Å². The molecule has 0 aliphatic heterocycles. The third-order valence-electron chi connectivity index (χ3n) is 3.37. The molecule has 0 spiro atoms. The molecule has 0 heterocycles. The van der Waals surface area contributed by atoms with Crippen LogP contribution < -0.4 is 0 Å². The summed E-state index contributed by atoms with van der Waals surface area (Å²) in [6.45, 7) is 7.92. The van der Waals surface area contributed by atoms with E-state index in [0.29, 0.717) is 18.4 Å². The number of phenols is 2. The second kappa shape index (κ2) is 11.5. The van der Waals surface area contributed by atoms with E-state index in [-0.39, 0.29) is 22.6 Å². The highest BCUT2D eigenvalue weighted by molar-refractivity contribution is 6.26. The quantitative estimate of drug-likeness (QED) is 0.402. The zero-order chi connectivity index (χ0) is 21.1. The molecule has 1 aromatic rings. The van der Waals surface area contributed by atoms with Gasteiger partial charge in [0.2, 0.25) is 0 Å². The summed E-state index contributed by atoms with van der Waals surface area (Å²) >= 11 is 0. The van der Waals surface area contributed by atoms with Crippen molar-refractivity contribution in [2.24, 2.45) is 0 Å². The molecule has 1 aromatic carbocycles.